The Kier molecular flexibility index (Phi) is 31.0. The first-order valence-electron chi connectivity index (χ1n) is 24.4. The van der Waals surface area contributed by atoms with Crippen molar-refractivity contribution in [3.8, 4) is 17.2 Å². The van der Waals surface area contributed by atoms with Crippen LogP contribution in [-0.4, -0.2) is 38.4 Å². The molecule has 0 spiro atoms. The van der Waals surface area contributed by atoms with Crippen molar-refractivity contribution in [2.24, 2.45) is 0 Å². The molecule has 0 aliphatic rings. The summed E-state index contributed by atoms with van der Waals surface area (Å²) in [5.41, 5.74) is 2.62. The Balaban J connectivity index is 2.06. The van der Waals surface area contributed by atoms with Gasteiger partial charge >= 0.3 is 0 Å². The normalized spacial score (nSPS) is 11.7. The Morgan fingerprint density at radius 3 is 1.02 bits per heavy atom. The number of benzene rings is 2. The van der Waals surface area contributed by atoms with Crippen molar-refractivity contribution < 1.29 is 18.7 Å². The van der Waals surface area contributed by atoms with Gasteiger partial charge in [-0.05, 0) is 31.4 Å². The van der Waals surface area contributed by atoms with Crippen LogP contribution in [0.3, 0.4) is 0 Å². The third-order valence-corrected chi connectivity index (χ3v) is 11.4. The Labute approximate surface area is 348 Å². The molecular formula is C52H92NO3+. The summed E-state index contributed by atoms with van der Waals surface area (Å²) in [7, 11) is 4.66. The number of ether oxygens (including phenoxy) is 3. The van der Waals surface area contributed by atoms with E-state index in [1.807, 2.05) is 0 Å². The SMILES string of the molecule is CCCCCCCCCCCCOc1cc(C[N+](C)(C)Cc2ccccc2)cc(OCCCCCCCCCCCC)c1OCCCCCCCCCCCC. The maximum absolute atomic E-state index is 6.67. The van der Waals surface area contributed by atoms with Gasteiger partial charge in [-0.15, -0.1) is 0 Å². The van der Waals surface area contributed by atoms with E-state index in [9.17, 15) is 0 Å². The summed E-state index contributed by atoms with van der Waals surface area (Å²) in [6, 6.07) is 15.4. The van der Waals surface area contributed by atoms with Crippen LogP contribution < -0.4 is 14.2 Å². The first-order chi connectivity index (χ1) is 27.5. The smallest absolute Gasteiger partial charge is 0.203 e. The summed E-state index contributed by atoms with van der Waals surface area (Å²) in [5, 5.41) is 0. The molecule has 0 bridgehead atoms. The Hall–Kier alpha value is -2.20. The third-order valence-electron chi connectivity index (χ3n) is 11.4. The van der Waals surface area contributed by atoms with Gasteiger partial charge in [0.25, 0.3) is 0 Å². The molecule has 0 radical (unpaired) electrons. The van der Waals surface area contributed by atoms with E-state index in [0.717, 1.165) is 67.3 Å². The molecule has 0 aliphatic heterocycles. The highest BCUT2D eigenvalue weighted by Crippen LogP contribution is 2.40. The summed E-state index contributed by atoms with van der Waals surface area (Å²) < 4.78 is 20.9. The van der Waals surface area contributed by atoms with Gasteiger partial charge in [0.15, 0.2) is 11.5 Å². The minimum absolute atomic E-state index is 0.717. The van der Waals surface area contributed by atoms with Crippen LogP contribution in [0.1, 0.15) is 225 Å². The van der Waals surface area contributed by atoms with Crippen molar-refractivity contribution in [3.63, 3.8) is 0 Å². The highest BCUT2D eigenvalue weighted by molar-refractivity contribution is 5.54. The van der Waals surface area contributed by atoms with Crippen LogP contribution in [0.5, 0.6) is 17.2 Å². The maximum atomic E-state index is 6.67. The third kappa shape index (κ3) is 26.7. The van der Waals surface area contributed by atoms with Crippen molar-refractivity contribution in [1.82, 2.24) is 0 Å². The highest BCUT2D eigenvalue weighted by atomic mass is 16.5. The second-order valence-electron chi connectivity index (χ2n) is 17.8. The van der Waals surface area contributed by atoms with E-state index in [0.29, 0.717) is 6.61 Å². The zero-order valence-electron chi connectivity index (χ0n) is 38.0. The van der Waals surface area contributed by atoms with E-state index in [2.05, 4.69) is 77.3 Å². The molecule has 0 atom stereocenters. The van der Waals surface area contributed by atoms with Gasteiger partial charge in [0.1, 0.15) is 13.1 Å². The molecule has 0 heterocycles. The van der Waals surface area contributed by atoms with Crippen LogP contribution in [0.4, 0.5) is 0 Å². The number of unbranched alkanes of at least 4 members (excludes halogenated alkanes) is 27. The van der Waals surface area contributed by atoms with Crippen molar-refractivity contribution in [2.75, 3.05) is 33.9 Å². The van der Waals surface area contributed by atoms with Gasteiger partial charge in [0, 0.05) is 11.1 Å². The van der Waals surface area contributed by atoms with E-state index in [-0.39, 0.29) is 0 Å². The predicted octanol–water partition coefficient (Wildman–Crippen LogP) is 16.4. The number of hydrogen-bond acceptors (Lipinski definition) is 3. The second kappa shape index (κ2) is 34.8. The van der Waals surface area contributed by atoms with Gasteiger partial charge in [-0.1, -0.05) is 224 Å². The van der Waals surface area contributed by atoms with E-state index in [1.165, 1.54) is 184 Å². The van der Waals surface area contributed by atoms with Crippen LogP contribution in [-0.2, 0) is 13.1 Å². The van der Waals surface area contributed by atoms with Crippen molar-refractivity contribution in [2.45, 2.75) is 226 Å². The molecule has 0 aromatic heterocycles. The van der Waals surface area contributed by atoms with Crippen LogP contribution in [0, 0.1) is 0 Å². The van der Waals surface area contributed by atoms with Gasteiger partial charge in [-0.3, -0.25) is 0 Å². The molecule has 2 aromatic carbocycles. The van der Waals surface area contributed by atoms with E-state index < -0.39 is 0 Å². The van der Waals surface area contributed by atoms with E-state index >= 15 is 0 Å². The largest absolute Gasteiger partial charge is 0.490 e. The fourth-order valence-corrected chi connectivity index (χ4v) is 8.01. The summed E-state index contributed by atoms with van der Waals surface area (Å²) in [4.78, 5) is 0. The monoisotopic (exact) mass is 779 g/mol. The average Bonchev–Trinajstić information content (AvgIpc) is 3.18. The highest BCUT2D eigenvalue weighted by Gasteiger charge is 2.22. The van der Waals surface area contributed by atoms with Gasteiger partial charge in [-0.2, -0.15) is 0 Å². The Bertz CT molecular complexity index is 1100. The zero-order chi connectivity index (χ0) is 40.2. The lowest BCUT2D eigenvalue weighted by atomic mass is 10.1. The lowest BCUT2D eigenvalue weighted by Gasteiger charge is -2.30. The lowest BCUT2D eigenvalue weighted by Crippen LogP contribution is -2.37. The van der Waals surface area contributed by atoms with Crippen molar-refractivity contribution in [3.05, 3.63) is 53.6 Å². The van der Waals surface area contributed by atoms with Gasteiger partial charge < -0.3 is 18.7 Å². The fourth-order valence-electron chi connectivity index (χ4n) is 8.01. The molecule has 2 rings (SSSR count). The Morgan fingerprint density at radius 1 is 0.357 bits per heavy atom. The predicted molar refractivity (Wildman–Crippen MR) is 244 cm³/mol. The van der Waals surface area contributed by atoms with Crippen LogP contribution in [0.2, 0.25) is 0 Å². The maximum Gasteiger partial charge on any atom is 0.203 e. The lowest BCUT2D eigenvalue weighted by molar-refractivity contribution is -0.916. The Morgan fingerprint density at radius 2 is 0.661 bits per heavy atom. The van der Waals surface area contributed by atoms with E-state index in [4.69, 9.17) is 14.2 Å². The molecular weight excluding hydrogens is 687 g/mol. The molecule has 0 amide bonds. The molecule has 0 saturated heterocycles. The number of hydrogen-bond donors (Lipinski definition) is 0. The van der Waals surface area contributed by atoms with Gasteiger partial charge in [-0.25, -0.2) is 0 Å². The standard InChI is InChI=1S/C52H92NO3/c1-6-9-12-15-18-21-24-27-30-36-41-54-50-44-49(47-53(4,5)46-48-39-34-33-35-40-48)45-51(55-42-37-31-28-25-22-19-16-13-10-7-2)52(50)56-43-38-32-29-26-23-20-17-14-11-8-3/h33-35,39-40,44-45H,6-32,36-38,41-43,46-47H2,1-5H3/q+1. The molecule has 0 fully saturated rings. The zero-order valence-corrected chi connectivity index (χ0v) is 38.0. The molecule has 2 aromatic rings. The van der Waals surface area contributed by atoms with Crippen molar-refractivity contribution in [1.29, 1.82) is 0 Å². The molecule has 0 aliphatic carbocycles. The molecule has 0 saturated carbocycles. The molecule has 4 nitrogen and oxygen atoms in total. The molecule has 4 heteroatoms. The van der Waals surface area contributed by atoms with Crippen LogP contribution in [0.15, 0.2) is 42.5 Å². The topological polar surface area (TPSA) is 27.7 Å². The first kappa shape index (κ1) is 49.9. The molecule has 0 N–H and O–H groups in total. The van der Waals surface area contributed by atoms with E-state index in [1.54, 1.807) is 0 Å². The average molecular weight is 779 g/mol. The minimum Gasteiger partial charge on any atom is -0.490 e. The summed E-state index contributed by atoms with van der Waals surface area (Å²) in [5.74, 6) is 2.59. The summed E-state index contributed by atoms with van der Waals surface area (Å²) in [6.07, 6.45) is 39.7. The second-order valence-corrected chi connectivity index (χ2v) is 17.8. The fraction of sp³-hybridized carbons (Fsp3) is 0.769. The summed E-state index contributed by atoms with van der Waals surface area (Å²) in [6.45, 7) is 10.9. The molecule has 56 heavy (non-hydrogen) atoms. The molecule has 322 valence electrons. The van der Waals surface area contributed by atoms with Gasteiger partial charge in [0.05, 0.1) is 33.9 Å². The van der Waals surface area contributed by atoms with Gasteiger partial charge in [0.2, 0.25) is 5.75 Å². The molecule has 0 unspecified atom stereocenters. The number of quaternary nitrogens is 1. The quantitative estimate of drug-likeness (QED) is 0.0498. The van der Waals surface area contributed by atoms with Crippen LogP contribution in [0.25, 0.3) is 0 Å². The minimum atomic E-state index is 0.717. The summed E-state index contributed by atoms with van der Waals surface area (Å²) >= 11 is 0. The first-order valence-corrected chi connectivity index (χ1v) is 24.4. The van der Waals surface area contributed by atoms with Crippen LogP contribution >= 0.6 is 0 Å². The number of rotatable bonds is 40. The number of nitrogens with zero attached hydrogens (tertiary/aromatic N) is 1. The van der Waals surface area contributed by atoms with Crippen molar-refractivity contribution >= 4 is 0 Å².